The predicted molar refractivity (Wildman–Crippen MR) is 154 cm³/mol. The highest BCUT2D eigenvalue weighted by Crippen LogP contribution is 2.38. The van der Waals surface area contributed by atoms with Crippen LogP contribution in [0, 0.1) is 6.92 Å². The highest BCUT2D eigenvalue weighted by Gasteiger charge is 2.30. The molecule has 1 fully saturated rings. The zero-order valence-corrected chi connectivity index (χ0v) is 23.3. The van der Waals surface area contributed by atoms with Crippen LogP contribution in [0.15, 0.2) is 71.1 Å². The fourth-order valence-electron chi connectivity index (χ4n) is 4.98. The third-order valence-corrected chi connectivity index (χ3v) is 8.32. The number of nitrogens with zero attached hydrogens (tertiary/aromatic N) is 3. The number of carbonyl (C=O) groups excluding carboxylic acids is 1. The van der Waals surface area contributed by atoms with Crippen LogP contribution in [0.4, 0.5) is 4.79 Å². The lowest BCUT2D eigenvalue weighted by molar-refractivity contribution is 0.171. The maximum Gasteiger partial charge on any atom is 0.318 e. The molecule has 3 heterocycles. The van der Waals surface area contributed by atoms with Crippen molar-refractivity contribution in [2.24, 2.45) is 0 Å². The molecule has 5 rings (SSSR count). The Labute approximate surface area is 228 Å². The largest absolute Gasteiger partial charge is 0.360 e. The summed E-state index contributed by atoms with van der Waals surface area (Å²) in [6.07, 6.45) is 1.78. The van der Waals surface area contributed by atoms with E-state index in [4.69, 9.17) is 9.51 Å². The van der Waals surface area contributed by atoms with Crippen LogP contribution >= 0.6 is 11.3 Å². The van der Waals surface area contributed by atoms with Crippen molar-refractivity contribution in [3.63, 3.8) is 0 Å². The van der Waals surface area contributed by atoms with E-state index in [1.807, 2.05) is 75.1 Å². The Morgan fingerprint density at radius 1 is 1.13 bits per heavy atom. The molecule has 1 saturated heterocycles. The zero-order chi connectivity index (χ0) is 26.9. The molecule has 2 amide bonds. The molecule has 7 heteroatoms. The van der Waals surface area contributed by atoms with E-state index in [1.165, 1.54) is 0 Å². The minimum Gasteiger partial charge on any atom is -0.360 e. The monoisotopic (exact) mass is 526 g/mol. The van der Waals surface area contributed by atoms with Gasteiger partial charge in [-0.05, 0) is 57.7 Å². The Hall–Kier alpha value is -3.71. The van der Waals surface area contributed by atoms with E-state index in [0.29, 0.717) is 19.0 Å². The van der Waals surface area contributed by atoms with Gasteiger partial charge in [-0.25, -0.2) is 9.78 Å². The van der Waals surface area contributed by atoms with E-state index in [0.717, 1.165) is 62.8 Å². The van der Waals surface area contributed by atoms with E-state index >= 15 is 0 Å². The molecule has 1 aliphatic rings. The van der Waals surface area contributed by atoms with Crippen LogP contribution in [0.5, 0.6) is 0 Å². The van der Waals surface area contributed by atoms with E-state index < -0.39 is 5.54 Å². The van der Waals surface area contributed by atoms with Crippen molar-refractivity contribution < 1.29 is 9.32 Å². The van der Waals surface area contributed by atoms with Gasteiger partial charge in [0.2, 0.25) is 0 Å². The first kappa shape index (κ1) is 25.9. The lowest BCUT2D eigenvalue weighted by atomic mass is 9.91. The van der Waals surface area contributed by atoms with Crippen molar-refractivity contribution in [2.75, 3.05) is 13.1 Å². The molecule has 38 heavy (non-hydrogen) atoms. The van der Waals surface area contributed by atoms with E-state index in [9.17, 15) is 4.79 Å². The van der Waals surface area contributed by atoms with Gasteiger partial charge < -0.3 is 14.7 Å². The van der Waals surface area contributed by atoms with Crippen LogP contribution in [0.25, 0.3) is 28.1 Å². The number of hydrogen-bond acceptors (Lipinski definition) is 5. The molecular weight excluding hydrogens is 492 g/mol. The molecule has 1 aliphatic heterocycles. The van der Waals surface area contributed by atoms with Gasteiger partial charge in [-0.2, -0.15) is 0 Å². The lowest BCUT2D eigenvalue weighted by Crippen LogP contribution is -2.50. The topological polar surface area (TPSA) is 71.3 Å². The van der Waals surface area contributed by atoms with Gasteiger partial charge in [0.1, 0.15) is 11.5 Å². The van der Waals surface area contributed by atoms with Crippen molar-refractivity contribution in [2.45, 2.75) is 52.0 Å². The molecule has 0 aliphatic carbocycles. The third kappa shape index (κ3) is 5.29. The predicted octanol–water partition coefficient (Wildman–Crippen LogP) is 7.63. The number of aromatic nitrogens is 2. The number of piperidine rings is 1. The normalized spacial score (nSPS) is 14.5. The molecule has 0 unspecified atom stereocenters. The van der Waals surface area contributed by atoms with Crippen molar-refractivity contribution in [1.29, 1.82) is 0 Å². The number of benzene rings is 2. The zero-order valence-electron chi connectivity index (χ0n) is 22.5. The molecule has 196 valence electrons. The summed E-state index contributed by atoms with van der Waals surface area (Å²) in [5.74, 6) is 1.10. The Bertz CT molecular complexity index is 1450. The van der Waals surface area contributed by atoms with Gasteiger partial charge in [-0.1, -0.05) is 65.8 Å². The van der Waals surface area contributed by atoms with Crippen LogP contribution in [0.2, 0.25) is 0 Å². The molecule has 6 nitrogen and oxygen atoms in total. The molecule has 0 saturated carbocycles. The summed E-state index contributed by atoms with van der Waals surface area (Å²) < 4.78 is 5.55. The summed E-state index contributed by atoms with van der Waals surface area (Å²) >= 11 is 1.68. The number of likely N-dealkylation sites (tertiary alicyclic amines) is 1. The van der Waals surface area contributed by atoms with Gasteiger partial charge in [-0.3, -0.25) is 0 Å². The molecule has 2 aromatic heterocycles. The quantitative estimate of drug-likeness (QED) is 0.280. The Balaban J connectivity index is 1.24. The lowest BCUT2D eigenvalue weighted by Gasteiger charge is -2.35. The van der Waals surface area contributed by atoms with Crippen molar-refractivity contribution in [3.8, 4) is 22.5 Å². The van der Waals surface area contributed by atoms with Gasteiger partial charge in [-0.15, -0.1) is 11.3 Å². The van der Waals surface area contributed by atoms with Crippen LogP contribution < -0.4 is 5.32 Å². The maximum absolute atomic E-state index is 13.2. The maximum atomic E-state index is 13.2. The van der Waals surface area contributed by atoms with Gasteiger partial charge in [0.05, 0.1) is 21.8 Å². The second-order valence-electron chi connectivity index (χ2n) is 10.6. The number of aryl methyl sites for hydroxylation is 1. The third-order valence-electron chi connectivity index (χ3n) is 7.32. The standard InChI is InChI=1S/C31H34N4O2S/c1-20(2)24-12-9-13-25(18-24)31(4,5)33-30(36)35-16-14-23(15-17-35)29-32-26(19-38-29)27-21(3)37-34-28(27)22-10-7-6-8-11-22/h6-13,18-19,23H,1,14-17H2,2-5H3,(H,33,36). The first-order chi connectivity index (χ1) is 18.2. The molecule has 0 radical (unpaired) electrons. The summed E-state index contributed by atoms with van der Waals surface area (Å²) in [5.41, 5.74) is 6.37. The highest BCUT2D eigenvalue weighted by atomic mass is 32.1. The van der Waals surface area contributed by atoms with Gasteiger partial charge in [0.15, 0.2) is 0 Å². The first-order valence-electron chi connectivity index (χ1n) is 13.0. The summed E-state index contributed by atoms with van der Waals surface area (Å²) in [4.78, 5) is 20.1. The second-order valence-corrected chi connectivity index (χ2v) is 11.5. The summed E-state index contributed by atoms with van der Waals surface area (Å²) in [5, 5.41) is 10.8. The molecule has 4 aromatic rings. The fourth-order valence-corrected chi connectivity index (χ4v) is 5.96. The smallest absolute Gasteiger partial charge is 0.318 e. The van der Waals surface area contributed by atoms with Crippen molar-refractivity contribution in [3.05, 3.63) is 88.5 Å². The van der Waals surface area contributed by atoms with Crippen molar-refractivity contribution >= 4 is 22.9 Å². The second kappa shape index (κ2) is 10.6. The molecule has 0 atom stereocenters. The minimum absolute atomic E-state index is 0.0263. The van der Waals surface area contributed by atoms with Crippen LogP contribution in [-0.2, 0) is 5.54 Å². The van der Waals surface area contributed by atoms with Crippen LogP contribution in [-0.4, -0.2) is 34.2 Å². The van der Waals surface area contributed by atoms with Gasteiger partial charge in [0, 0.05) is 30.0 Å². The number of nitrogens with one attached hydrogen (secondary N) is 1. The van der Waals surface area contributed by atoms with Gasteiger partial charge in [0.25, 0.3) is 0 Å². The number of amides is 2. The molecule has 1 N–H and O–H groups in total. The minimum atomic E-state index is -0.490. The number of urea groups is 1. The Morgan fingerprint density at radius 2 is 1.87 bits per heavy atom. The average molecular weight is 527 g/mol. The fraction of sp³-hybridized carbons (Fsp3) is 0.323. The van der Waals surface area contributed by atoms with Gasteiger partial charge >= 0.3 is 6.03 Å². The van der Waals surface area contributed by atoms with E-state index in [1.54, 1.807) is 11.3 Å². The number of thiazole rings is 1. The van der Waals surface area contributed by atoms with E-state index in [-0.39, 0.29) is 6.03 Å². The number of hydrogen-bond donors (Lipinski definition) is 1. The SMILES string of the molecule is C=C(C)c1cccc(C(C)(C)NC(=O)N2CCC(c3nc(-c4c(-c5ccccc5)noc4C)cs3)CC2)c1. The van der Waals surface area contributed by atoms with Crippen LogP contribution in [0.3, 0.4) is 0 Å². The Morgan fingerprint density at radius 3 is 2.58 bits per heavy atom. The number of carbonyl (C=O) groups is 1. The molecule has 2 aromatic carbocycles. The Kier molecular flexibility index (Phi) is 7.21. The van der Waals surface area contributed by atoms with E-state index in [2.05, 4.69) is 34.6 Å². The highest BCUT2D eigenvalue weighted by molar-refractivity contribution is 7.10. The molecule has 0 bridgehead atoms. The van der Waals surface area contributed by atoms with Crippen LogP contribution in [0.1, 0.15) is 61.4 Å². The summed E-state index contributed by atoms with van der Waals surface area (Å²) in [6.45, 7) is 13.5. The number of rotatable bonds is 6. The summed E-state index contributed by atoms with van der Waals surface area (Å²) in [7, 11) is 0. The van der Waals surface area contributed by atoms with Crippen molar-refractivity contribution in [1.82, 2.24) is 20.4 Å². The molecular formula is C31H34N4O2S. The summed E-state index contributed by atoms with van der Waals surface area (Å²) in [6, 6.07) is 18.3. The first-order valence-corrected chi connectivity index (χ1v) is 13.9. The average Bonchev–Trinajstić information content (AvgIpc) is 3.56. The molecule has 0 spiro atoms. The number of allylic oxidation sites excluding steroid dienone is 1.